The summed E-state index contributed by atoms with van der Waals surface area (Å²) in [7, 11) is 0. The molecular weight excluding hydrogens is 186 g/mol. The quantitative estimate of drug-likeness (QED) is 0.799. The van der Waals surface area contributed by atoms with Gasteiger partial charge in [0.1, 0.15) is 5.75 Å². The van der Waals surface area contributed by atoms with Gasteiger partial charge in [0.05, 0.1) is 0 Å². The van der Waals surface area contributed by atoms with Crippen LogP contribution >= 0.6 is 0 Å². The average molecular weight is 207 g/mol. The number of hydrogen-bond donors (Lipinski definition) is 1. The predicted molar refractivity (Wildman–Crippen MR) is 65.5 cm³/mol. The minimum Gasteiger partial charge on any atom is -0.508 e. The van der Waals surface area contributed by atoms with Crippen molar-refractivity contribution in [1.29, 1.82) is 0 Å². The van der Waals surface area contributed by atoms with Gasteiger partial charge in [-0.2, -0.15) is 0 Å². The van der Waals surface area contributed by atoms with Crippen LogP contribution in [0.15, 0.2) is 24.3 Å². The lowest BCUT2D eigenvalue weighted by atomic mass is 10.2. The molecule has 1 aromatic rings. The van der Waals surface area contributed by atoms with Gasteiger partial charge < -0.3 is 10.0 Å². The maximum Gasteiger partial charge on any atom is 0.115 e. The molecule has 0 saturated carbocycles. The zero-order valence-electron chi connectivity index (χ0n) is 9.90. The summed E-state index contributed by atoms with van der Waals surface area (Å²) in [4.78, 5) is 2.36. The number of hydrogen-bond acceptors (Lipinski definition) is 2. The second-order valence-corrected chi connectivity index (χ2v) is 4.16. The summed E-state index contributed by atoms with van der Waals surface area (Å²) >= 11 is 0. The van der Waals surface area contributed by atoms with Gasteiger partial charge in [0.15, 0.2) is 0 Å². The summed E-state index contributed by atoms with van der Waals surface area (Å²) in [6, 6.07) is 7.95. The number of unbranched alkanes of at least 4 members (excludes halogenated alkanes) is 1. The molecule has 84 valence electrons. The molecule has 2 heteroatoms. The average Bonchev–Trinajstić information content (AvgIpc) is 2.21. The molecule has 0 heterocycles. The number of rotatable bonds is 5. The molecular formula is C13H21NO. The number of phenols is 1. The molecule has 0 aromatic heterocycles. The molecule has 0 radical (unpaired) electrons. The van der Waals surface area contributed by atoms with E-state index in [0.717, 1.165) is 6.54 Å². The molecule has 1 N–H and O–H groups in total. The summed E-state index contributed by atoms with van der Waals surface area (Å²) < 4.78 is 0. The largest absolute Gasteiger partial charge is 0.508 e. The fraction of sp³-hybridized carbons (Fsp3) is 0.538. The van der Waals surface area contributed by atoms with E-state index in [4.69, 9.17) is 0 Å². The highest BCUT2D eigenvalue weighted by Crippen LogP contribution is 2.20. The van der Waals surface area contributed by atoms with E-state index >= 15 is 0 Å². The third-order valence-corrected chi connectivity index (χ3v) is 2.56. The Morgan fingerprint density at radius 3 is 2.27 bits per heavy atom. The Kier molecular flexibility index (Phi) is 4.47. The van der Waals surface area contributed by atoms with Crippen molar-refractivity contribution in [2.45, 2.75) is 39.7 Å². The van der Waals surface area contributed by atoms with Crippen molar-refractivity contribution in [2.24, 2.45) is 0 Å². The Hall–Kier alpha value is -1.18. The van der Waals surface area contributed by atoms with Crippen LogP contribution in [0.2, 0.25) is 0 Å². The number of nitrogens with zero attached hydrogens (tertiary/aromatic N) is 1. The van der Waals surface area contributed by atoms with Crippen molar-refractivity contribution in [1.82, 2.24) is 0 Å². The lowest BCUT2D eigenvalue weighted by Crippen LogP contribution is -2.31. The molecule has 0 unspecified atom stereocenters. The van der Waals surface area contributed by atoms with Gasteiger partial charge in [-0.3, -0.25) is 0 Å². The van der Waals surface area contributed by atoms with Crippen LogP contribution in [0.5, 0.6) is 5.75 Å². The van der Waals surface area contributed by atoms with Gasteiger partial charge in [0.25, 0.3) is 0 Å². The number of aromatic hydroxyl groups is 1. The van der Waals surface area contributed by atoms with Crippen LogP contribution in [-0.2, 0) is 0 Å². The summed E-state index contributed by atoms with van der Waals surface area (Å²) in [6.45, 7) is 7.68. The minimum atomic E-state index is 0.331. The number of anilines is 1. The highest BCUT2D eigenvalue weighted by molar-refractivity contribution is 5.49. The van der Waals surface area contributed by atoms with E-state index in [1.165, 1.54) is 18.5 Å². The zero-order valence-corrected chi connectivity index (χ0v) is 9.90. The van der Waals surface area contributed by atoms with E-state index < -0.39 is 0 Å². The van der Waals surface area contributed by atoms with Crippen molar-refractivity contribution in [3.05, 3.63) is 24.3 Å². The molecule has 0 amide bonds. The molecule has 0 atom stereocenters. The first kappa shape index (κ1) is 11.9. The Morgan fingerprint density at radius 2 is 1.80 bits per heavy atom. The molecule has 0 fully saturated rings. The number of benzene rings is 1. The Labute approximate surface area is 92.5 Å². The predicted octanol–water partition coefficient (Wildman–Crippen LogP) is 3.41. The minimum absolute atomic E-state index is 0.331. The van der Waals surface area contributed by atoms with Crippen LogP contribution < -0.4 is 4.90 Å². The van der Waals surface area contributed by atoms with Gasteiger partial charge in [-0.1, -0.05) is 13.3 Å². The van der Waals surface area contributed by atoms with Crippen LogP contribution in [0.1, 0.15) is 33.6 Å². The van der Waals surface area contributed by atoms with E-state index in [2.05, 4.69) is 25.7 Å². The zero-order chi connectivity index (χ0) is 11.3. The Balaban J connectivity index is 2.74. The van der Waals surface area contributed by atoms with E-state index in [1.807, 2.05) is 12.1 Å². The molecule has 0 aliphatic carbocycles. The second kappa shape index (κ2) is 5.64. The summed E-state index contributed by atoms with van der Waals surface area (Å²) in [5, 5.41) is 9.23. The first-order valence-corrected chi connectivity index (χ1v) is 5.70. The summed E-state index contributed by atoms with van der Waals surface area (Å²) in [5.41, 5.74) is 1.19. The second-order valence-electron chi connectivity index (χ2n) is 4.16. The van der Waals surface area contributed by atoms with Crippen molar-refractivity contribution in [2.75, 3.05) is 11.4 Å². The van der Waals surface area contributed by atoms with Crippen molar-refractivity contribution >= 4 is 5.69 Å². The molecule has 1 rings (SSSR count). The van der Waals surface area contributed by atoms with Gasteiger partial charge in [0.2, 0.25) is 0 Å². The van der Waals surface area contributed by atoms with Crippen LogP contribution in [0.3, 0.4) is 0 Å². The molecule has 0 saturated heterocycles. The summed E-state index contributed by atoms with van der Waals surface area (Å²) in [5.74, 6) is 0.331. The van der Waals surface area contributed by atoms with E-state index in [-0.39, 0.29) is 0 Å². The molecule has 2 nitrogen and oxygen atoms in total. The molecule has 0 spiro atoms. The van der Waals surface area contributed by atoms with Gasteiger partial charge in [-0.25, -0.2) is 0 Å². The highest BCUT2D eigenvalue weighted by Gasteiger charge is 2.09. The highest BCUT2D eigenvalue weighted by atomic mass is 16.3. The van der Waals surface area contributed by atoms with Gasteiger partial charge in [-0.05, 0) is 44.5 Å². The van der Waals surface area contributed by atoms with Crippen molar-refractivity contribution in [3.63, 3.8) is 0 Å². The maximum absolute atomic E-state index is 9.23. The molecule has 1 aromatic carbocycles. The maximum atomic E-state index is 9.23. The Morgan fingerprint density at radius 1 is 1.20 bits per heavy atom. The number of phenolic OH excluding ortho intramolecular Hbond substituents is 1. The molecule has 15 heavy (non-hydrogen) atoms. The monoisotopic (exact) mass is 207 g/mol. The van der Waals surface area contributed by atoms with E-state index in [0.29, 0.717) is 11.8 Å². The lowest BCUT2D eigenvalue weighted by molar-refractivity contribution is 0.475. The first-order valence-electron chi connectivity index (χ1n) is 5.70. The molecule has 0 aliphatic heterocycles. The van der Waals surface area contributed by atoms with Crippen LogP contribution in [0.25, 0.3) is 0 Å². The fourth-order valence-electron chi connectivity index (χ4n) is 1.66. The van der Waals surface area contributed by atoms with Crippen LogP contribution in [0.4, 0.5) is 5.69 Å². The van der Waals surface area contributed by atoms with E-state index in [9.17, 15) is 5.11 Å². The smallest absolute Gasteiger partial charge is 0.115 e. The first-order chi connectivity index (χ1) is 7.15. The van der Waals surface area contributed by atoms with Crippen LogP contribution in [-0.4, -0.2) is 17.7 Å². The topological polar surface area (TPSA) is 23.5 Å². The van der Waals surface area contributed by atoms with Gasteiger partial charge >= 0.3 is 0 Å². The molecule has 0 aliphatic rings. The molecule has 0 bridgehead atoms. The van der Waals surface area contributed by atoms with Gasteiger partial charge in [-0.15, -0.1) is 0 Å². The normalized spacial score (nSPS) is 10.7. The fourth-order valence-corrected chi connectivity index (χ4v) is 1.66. The lowest BCUT2D eigenvalue weighted by Gasteiger charge is -2.29. The van der Waals surface area contributed by atoms with Crippen molar-refractivity contribution < 1.29 is 5.11 Å². The third-order valence-electron chi connectivity index (χ3n) is 2.56. The third kappa shape index (κ3) is 3.46. The SMILES string of the molecule is CCCCN(c1ccc(O)cc1)C(C)C. The standard InChI is InChI=1S/C13H21NO/c1-4-5-10-14(11(2)3)12-6-8-13(15)9-7-12/h6-9,11,15H,4-5,10H2,1-3H3. The Bertz CT molecular complexity index is 279. The van der Waals surface area contributed by atoms with Crippen molar-refractivity contribution in [3.8, 4) is 5.75 Å². The van der Waals surface area contributed by atoms with Crippen LogP contribution in [0, 0.1) is 0 Å². The summed E-state index contributed by atoms with van der Waals surface area (Å²) in [6.07, 6.45) is 2.42. The van der Waals surface area contributed by atoms with E-state index in [1.54, 1.807) is 12.1 Å². The van der Waals surface area contributed by atoms with Gasteiger partial charge in [0, 0.05) is 18.3 Å².